The number of Topliss-reactive ketones (excluding diaryl/α,β-unsaturated/α-hetero) is 1. The lowest BCUT2D eigenvalue weighted by Crippen LogP contribution is -2.35. The largest absolute Gasteiger partial charge is 0.398 e. The summed E-state index contributed by atoms with van der Waals surface area (Å²) >= 11 is 3.42. The number of ketones is 1. The smallest absolute Gasteiger partial charge is 0.264 e. The molecule has 0 atom stereocenters. The summed E-state index contributed by atoms with van der Waals surface area (Å²) in [5.41, 5.74) is 9.56. The Morgan fingerprint density at radius 1 is 1.03 bits per heavy atom. The highest BCUT2D eigenvalue weighted by Gasteiger charge is 2.38. The highest BCUT2D eigenvalue weighted by atomic mass is 79.9. The number of imide groups is 1. The fourth-order valence-corrected chi connectivity index (χ4v) is 4.03. The fraction of sp³-hybridized carbons (Fsp3) is 0.136. The summed E-state index contributed by atoms with van der Waals surface area (Å²) in [7, 11) is 0. The van der Waals surface area contributed by atoms with Gasteiger partial charge in [0.05, 0.1) is 17.7 Å². The van der Waals surface area contributed by atoms with Gasteiger partial charge in [-0.3, -0.25) is 19.3 Å². The summed E-state index contributed by atoms with van der Waals surface area (Å²) in [5.74, 6) is -1.32. The van der Waals surface area contributed by atoms with Gasteiger partial charge in [0, 0.05) is 32.8 Å². The number of fused-ring (bicyclic) bond motifs is 1. The number of hydrogen-bond acceptors (Lipinski definition) is 4. The van der Waals surface area contributed by atoms with E-state index >= 15 is 0 Å². The van der Waals surface area contributed by atoms with E-state index in [9.17, 15) is 14.4 Å². The Balaban J connectivity index is 1.64. The van der Waals surface area contributed by atoms with Crippen LogP contribution in [0.2, 0.25) is 0 Å². The summed E-state index contributed by atoms with van der Waals surface area (Å²) < 4.78 is 2.94. The maximum Gasteiger partial charge on any atom is 0.264 e. The first-order valence-electron chi connectivity index (χ1n) is 9.02. The van der Waals surface area contributed by atoms with Crippen LogP contribution in [0, 0.1) is 13.8 Å². The molecule has 0 radical (unpaired) electrons. The van der Waals surface area contributed by atoms with Crippen molar-refractivity contribution in [2.75, 3.05) is 12.3 Å². The van der Waals surface area contributed by atoms with Crippen LogP contribution in [0.25, 0.3) is 5.69 Å². The molecule has 0 unspecified atom stereocenters. The molecule has 0 saturated heterocycles. The van der Waals surface area contributed by atoms with E-state index in [0.717, 1.165) is 26.4 Å². The highest BCUT2D eigenvalue weighted by Crippen LogP contribution is 2.28. The second-order valence-electron chi connectivity index (χ2n) is 6.99. The molecular weight excluding hydrogens is 434 g/mol. The minimum Gasteiger partial charge on any atom is -0.398 e. The van der Waals surface area contributed by atoms with E-state index in [1.54, 1.807) is 24.3 Å². The zero-order chi connectivity index (χ0) is 20.9. The standard InChI is InChI=1S/C22H18BrN3O3/c1-12-10-17(13(2)26(12)15-8-6-14(23)7-9-15)19(27)11-25-21(28)16-4-3-5-18(24)20(16)22(25)29/h3-10H,11,24H2,1-2H3. The van der Waals surface area contributed by atoms with Crippen molar-refractivity contribution < 1.29 is 14.4 Å². The van der Waals surface area contributed by atoms with E-state index < -0.39 is 11.8 Å². The molecule has 2 amide bonds. The molecule has 1 aromatic heterocycles. The number of hydrogen-bond donors (Lipinski definition) is 1. The molecule has 3 aromatic rings. The van der Waals surface area contributed by atoms with Crippen LogP contribution >= 0.6 is 15.9 Å². The topological polar surface area (TPSA) is 85.4 Å². The van der Waals surface area contributed by atoms with Gasteiger partial charge in [0.1, 0.15) is 0 Å². The van der Waals surface area contributed by atoms with Crippen LogP contribution in [-0.2, 0) is 0 Å². The number of carbonyl (C=O) groups is 3. The Morgan fingerprint density at radius 2 is 1.72 bits per heavy atom. The van der Waals surface area contributed by atoms with Crippen molar-refractivity contribution in [3.63, 3.8) is 0 Å². The van der Waals surface area contributed by atoms with Gasteiger partial charge in [-0.2, -0.15) is 0 Å². The van der Waals surface area contributed by atoms with Gasteiger partial charge < -0.3 is 10.3 Å². The molecule has 0 bridgehead atoms. The maximum absolute atomic E-state index is 13.0. The lowest BCUT2D eigenvalue weighted by Gasteiger charge is -2.13. The first-order valence-corrected chi connectivity index (χ1v) is 9.81. The second-order valence-corrected chi connectivity index (χ2v) is 7.90. The summed E-state index contributed by atoms with van der Waals surface area (Å²) in [5, 5.41) is 0. The molecule has 1 aliphatic rings. The molecular formula is C22H18BrN3O3. The third-order valence-electron chi connectivity index (χ3n) is 5.15. The van der Waals surface area contributed by atoms with Crippen molar-refractivity contribution in [3.8, 4) is 5.69 Å². The molecule has 4 rings (SSSR count). The average Bonchev–Trinajstić information content (AvgIpc) is 3.12. The Kier molecular flexibility index (Phi) is 4.62. The predicted molar refractivity (Wildman–Crippen MR) is 113 cm³/mol. The van der Waals surface area contributed by atoms with Gasteiger partial charge in [-0.15, -0.1) is 0 Å². The first-order chi connectivity index (χ1) is 13.8. The maximum atomic E-state index is 13.0. The van der Waals surface area contributed by atoms with Gasteiger partial charge in [-0.25, -0.2) is 0 Å². The number of rotatable bonds is 4. The molecule has 1 aliphatic heterocycles. The van der Waals surface area contributed by atoms with E-state index in [1.165, 1.54) is 0 Å². The van der Waals surface area contributed by atoms with Crippen molar-refractivity contribution in [3.05, 3.63) is 81.1 Å². The lowest BCUT2D eigenvalue weighted by molar-refractivity contribution is 0.0624. The van der Waals surface area contributed by atoms with E-state index in [0.29, 0.717) is 5.56 Å². The normalized spacial score (nSPS) is 13.1. The molecule has 0 aliphatic carbocycles. The third-order valence-corrected chi connectivity index (χ3v) is 5.68. The summed E-state index contributed by atoms with van der Waals surface area (Å²) in [4.78, 5) is 39.3. The van der Waals surface area contributed by atoms with E-state index in [2.05, 4.69) is 15.9 Å². The van der Waals surface area contributed by atoms with E-state index in [1.807, 2.05) is 42.7 Å². The minimum atomic E-state index is -0.529. The highest BCUT2D eigenvalue weighted by molar-refractivity contribution is 9.10. The number of nitrogen functional groups attached to an aromatic ring is 1. The van der Waals surface area contributed by atoms with Crippen LogP contribution in [0.4, 0.5) is 5.69 Å². The number of anilines is 1. The SMILES string of the molecule is Cc1cc(C(=O)CN2C(=O)c3cccc(N)c3C2=O)c(C)n1-c1ccc(Br)cc1. The lowest BCUT2D eigenvalue weighted by atomic mass is 10.1. The van der Waals surface area contributed by atoms with Gasteiger partial charge >= 0.3 is 0 Å². The predicted octanol–water partition coefficient (Wildman–Crippen LogP) is 3.92. The second kappa shape index (κ2) is 7.00. The van der Waals surface area contributed by atoms with Gasteiger partial charge in [0.25, 0.3) is 11.8 Å². The fourth-order valence-electron chi connectivity index (χ4n) is 3.76. The molecule has 2 aromatic carbocycles. The Labute approximate surface area is 176 Å². The Morgan fingerprint density at radius 3 is 2.38 bits per heavy atom. The minimum absolute atomic E-state index is 0.172. The number of nitrogens with zero attached hydrogens (tertiary/aromatic N) is 2. The number of aryl methyl sites for hydroxylation is 1. The molecule has 0 saturated carbocycles. The van der Waals surface area contributed by atoms with Gasteiger partial charge in [-0.05, 0) is 56.3 Å². The van der Waals surface area contributed by atoms with Gasteiger partial charge in [0.2, 0.25) is 0 Å². The number of carbonyl (C=O) groups excluding carboxylic acids is 3. The van der Waals surface area contributed by atoms with Crippen molar-refractivity contribution in [2.45, 2.75) is 13.8 Å². The first kappa shape index (κ1) is 19.1. The summed E-state index contributed by atoms with van der Waals surface area (Å²) in [6.45, 7) is 3.44. The van der Waals surface area contributed by atoms with E-state index in [-0.39, 0.29) is 29.1 Å². The third kappa shape index (κ3) is 3.07. The molecule has 0 fully saturated rings. The van der Waals surface area contributed by atoms with Crippen LogP contribution in [0.1, 0.15) is 42.5 Å². The van der Waals surface area contributed by atoms with Crippen LogP contribution in [0.5, 0.6) is 0 Å². The summed E-state index contributed by atoms with van der Waals surface area (Å²) in [6.07, 6.45) is 0. The van der Waals surface area contributed by atoms with Crippen molar-refractivity contribution in [2.24, 2.45) is 0 Å². The molecule has 2 N–H and O–H groups in total. The van der Waals surface area contributed by atoms with Gasteiger partial charge in [-0.1, -0.05) is 22.0 Å². The molecule has 146 valence electrons. The number of amides is 2. The van der Waals surface area contributed by atoms with Gasteiger partial charge in [0.15, 0.2) is 5.78 Å². The Hall–Kier alpha value is -3.19. The van der Waals surface area contributed by atoms with Crippen LogP contribution in [0.3, 0.4) is 0 Å². The van der Waals surface area contributed by atoms with Crippen LogP contribution in [0.15, 0.2) is 53.0 Å². The number of nitrogens with two attached hydrogens (primary N) is 1. The number of aromatic nitrogens is 1. The molecule has 6 nitrogen and oxygen atoms in total. The summed E-state index contributed by atoms with van der Waals surface area (Å²) in [6, 6.07) is 14.3. The number of benzene rings is 2. The van der Waals surface area contributed by atoms with Crippen molar-refractivity contribution in [1.29, 1.82) is 0 Å². The average molecular weight is 452 g/mol. The zero-order valence-electron chi connectivity index (χ0n) is 15.9. The zero-order valence-corrected chi connectivity index (χ0v) is 17.5. The monoisotopic (exact) mass is 451 g/mol. The molecule has 29 heavy (non-hydrogen) atoms. The van der Waals surface area contributed by atoms with Crippen LogP contribution < -0.4 is 5.73 Å². The van der Waals surface area contributed by atoms with Crippen LogP contribution in [-0.4, -0.2) is 33.6 Å². The molecule has 2 heterocycles. The number of halogens is 1. The Bertz CT molecular complexity index is 1180. The van der Waals surface area contributed by atoms with Crippen molar-refractivity contribution >= 4 is 39.2 Å². The molecule has 0 spiro atoms. The molecule has 7 heteroatoms. The quantitative estimate of drug-likeness (QED) is 0.370. The van der Waals surface area contributed by atoms with E-state index in [4.69, 9.17) is 5.73 Å². The van der Waals surface area contributed by atoms with Crippen molar-refractivity contribution in [1.82, 2.24) is 9.47 Å².